The van der Waals surface area contributed by atoms with E-state index in [0.717, 1.165) is 17.5 Å². The maximum absolute atomic E-state index is 11.2. The molecule has 0 bridgehead atoms. The number of nitrogens with zero attached hydrogens (tertiary/aromatic N) is 2. The molecule has 0 saturated heterocycles. The van der Waals surface area contributed by atoms with Crippen LogP contribution in [-0.4, -0.2) is 22.9 Å². The second-order valence-corrected chi connectivity index (χ2v) is 6.89. The van der Waals surface area contributed by atoms with Crippen molar-refractivity contribution in [2.45, 2.75) is 4.90 Å². The van der Waals surface area contributed by atoms with Crippen molar-refractivity contribution < 1.29 is 17.9 Å². The Morgan fingerprint density at radius 1 is 1.16 bits per heavy atom. The second-order valence-electron chi connectivity index (χ2n) is 5.06. The van der Waals surface area contributed by atoms with Gasteiger partial charge < -0.3 is 5.32 Å². The van der Waals surface area contributed by atoms with E-state index in [9.17, 15) is 18.5 Å². The van der Waals surface area contributed by atoms with Crippen LogP contribution in [0.15, 0.2) is 53.6 Å². The summed E-state index contributed by atoms with van der Waals surface area (Å²) in [5, 5.41) is 15.3. The van der Waals surface area contributed by atoms with Gasteiger partial charge in [-0.1, -0.05) is 11.6 Å². The fraction of sp³-hybridized carbons (Fsp3) is 0. The highest BCUT2D eigenvalue weighted by molar-refractivity contribution is 7.86. The summed E-state index contributed by atoms with van der Waals surface area (Å²) in [5.74, 6) is 0. The predicted molar refractivity (Wildman–Crippen MR) is 92.9 cm³/mol. The number of nitro benzene ring substituents is 1. The van der Waals surface area contributed by atoms with E-state index < -0.39 is 25.6 Å². The molecule has 0 saturated carbocycles. The van der Waals surface area contributed by atoms with Gasteiger partial charge in [0.1, 0.15) is 0 Å². The highest BCUT2D eigenvalue weighted by atomic mass is 35.5. The number of nitro groups is 1. The zero-order valence-electron chi connectivity index (χ0n) is 12.4. The second kappa shape index (κ2) is 6.28. The monoisotopic (exact) mass is 379 g/mol. The third-order valence-electron chi connectivity index (χ3n) is 3.42. The van der Waals surface area contributed by atoms with E-state index in [1.54, 1.807) is 30.5 Å². The third kappa shape index (κ3) is 3.53. The molecule has 2 N–H and O–H groups in total. The fourth-order valence-electron chi connectivity index (χ4n) is 2.34. The molecule has 0 aliphatic carbocycles. The van der Waals surface area contributed by atoms with Crippen LogP contribution in [0.2, 0.25) is 5.02 Å². The number of rotatable bonds is 4. The highest BCUT2D eigenvalue weighted by Crippen LogP contribution is 2.31. The maximum Gasteiger partial charge on any atom is 0.301 e. The van der Waals surface area contributed by atoms with Crippen LogP contribution in [0, 0.1) is 10.1 Å². The Morgan fingerprint density at radius 3 is 2.60 bits per heavy atom. The number of hydrogen-bond donors (Lipinski definition) is 2. The first-order chi connectivity index (χ1) is 11.8. The molecule has 0 atom stereocenters. The first-order valence-corrected chi connectivity index (χ1v) is 8.65. The van der Waals surface area contributed by atoms with Crippen molar-refractivity contribution in [3.63, 3.8) is 0 Å². The lowest BCUT2D eigenvalue weighted by Gasteiger charge is -2.10. The smallest absolute Gasteiger partial charge is 0.301 e. The van der Waals surface area contributed by atoms with E-state index >= 15 is 0 Å². The molecule has 0 aliphatic rings. The summed E-state index contributed by atoms with van der Waals surface area (Å²) in [5.41, 5.74) is 0.785. The Balaban J connectivity index is 2.07. The van der Waals surface area contributed by atoms with Gasteiger partial charge in [0.15, 0.2) is 4.90 Å². The van der Waals surface area contributed by atoms with Crippen molar-refractivity contribution in [2.24, 2.45) is 0 Å². The third-order valence-corrected chi connectivity index (χ3v) is 4.55. The van der Waals surface area contributed by atoms with Crippen LogP contribution in [0.3, 0.4) is 0 Å². The number of anilines is 2. The average molecular weight is 380 g/mol. The Labute approximate surface area is 147 Å². The summed E-state index contributed by atoms with van der Waals surface area (Å²) in [6, 6.07) is 10.1. The number of halogens is 1. The van der Waals surface area contributed by atoms with E-state index in [1.807, 2.05) is 0 Å². The zero-order chi connectivity index (χ0) is 18.2. The number of aromatic nitrogens is 1. The van der Waals surface area contributed by atoms with Crippen molar-refractivity contribution in [1.82, 2.24) is 4.98 Å². The van der Waals surface area contributed by atoms with Gasteiger partial charge in [-0.25, -0.2) is 0 Å². The number of benzene rings is 2. The van der Waals surface area contributed by atoms with Crippen LogP contribution in [0.5, 0.6) is 0 Å². The summed E-state index contributed by atoms with van der Waals surface area (Å²) in [6.07, 6.45) is 1.54. The SMILES string of the molecule is O=[N+]([O-])c1cc(Nc2ccnc3cc(Cl)ccc23)ccc1S(=O)(=O)O. The van der Waals surface area contributed by atoms with Crippen LogP contribution in [0.25, 0.3) is 10.9 Å². The largest absolute Gasteiger partial charge is 0.355 e. The molecule has 1 aromatic heterocycles. The highest BCUT2D eigenvalue weighted by Gasteiger charge is 2.24. The van der Waals surface area contributed by atoms with Crippen molar-refractivity contribution in [3.8, 4) is 0 Å². The molecule has 3 rings (SSSR count). The molecule has 2 aromatic carbocycles. The van der Waals surface area contributed by atoms with Crippen molar-refractivity contribution in [1.29, 1.82) is 0 Å². The quantitative estimate of drug-likeness (QED) is 0.401. The summed E-state index contributed by atoms with van der Waals surface area (Å²) in [7, 11) is -4.70. The van der Waals surface area contributed by atoms with Gasteiger partial charge in [-0.15, -0.1) is 0 Å². The standard InChI is InChI=1S/C15H10ClN3O5S/c16-9-1-3-11-12(5-6-17-13(11)7-9)18-10-2-4-15(25(22,23)24)14(8-10)19(20)21/h1-8H,(H,17,18)(H,22,23,24). The molecule has 0 aliphatic heterocycles. The number of pyridine rings is 1. The van der Waals surface area contributed by atoms with Gasteiger partial charge in [-0.2, -0.15) is 8.42 Å². The first-order valence-electron chi connectivity index (χ1n) is 6.83. The first kappa shape index (κ1) is 17.1. The van der Waals surface area contributed by atoms with Crippen LogP contribution < -0.4 is 5.32 Å². The summed E-state index contributed by atoms with van der Waals surface area (Å²) < 4.78 is 31.6. The van der Waals surface area contributed by atoms with Crippen molar-refractivity contribution in [2.75, 3.05) is 5.32 Å². The lowest BCUT2D eigenvalue weighted by atomic mass is 10.2. The van der Waals surface area contributed by atoms with Crippen LogP contribution >= 0.6 is 11.6 Å². The molecule has 25 heavy (non-hydrogen) atoms. The predicted octanol–water partition coefficient (Wildman–Crippen LogP) is 3.79. The minimum absolute atomic E-state index is 0.279. The number of hydrogen-bond acceptors (Lipinski definition) is 6. The van der Waals surface area contributed by atoms with Crippen LogP contribution in [0.4, 0.5) is 17.1 Å². The molecule has 3 aromatic rings. The molecule has 0 amide bonds. The molecule has 0 radical (unpaired) electrons. The molecule has 8 nitrogen and oxygen atoms in total. The lowest BCUT2D eigenvalue weighted by molar-refractivity contribution is -0.387. The molecule has 0 unspecified atom stereocenters. The molecule has 1 heterocycles. The minimum Gasteiger partial charge on any atom is -0.355 e. The molecular weight excluding hydrogens is 370 g/mol. The molecule has 0 spiro atoms. The Bertz CT molecular complexity index is 1100. The van der Waals surface area contributed by atoms with Gasteiger partial charge in [0, 0.05) is 34.0 Å². The van der Waals surface area contributed by atoms with Gasteiger partial charge in [0.25, 0.3) is 5.69 Å². The summed E-state index contributed by atoms with van der Waals surface area (Å²) >= 11 is 5.93. The Hall–Kier alpha value is -2.75. The molecule has 10 heteroatoms. The topological polar surface area (TPSA) is 122 Å². The maximum atomic E-state index is 11.2. The molecular formula is C15H10ClN3O5S. The van der Waals surface area contributed by atoms with Crippen molar-refractivity contribution in [3.05, 3.63) is 63.8 Å². The van der Waals surface area contributed by atoms with Gasteiger partial charge >= 0.3 is 10.1 Å². The molecule has 0 fully saturated rings. The van der Waals surface area contributed by atoms with Crippen molar-refractivity contribution >= 4 is 49.7 Å². The van der Waals surface area contributed by atoms with Crippen LogP contribution in [-0.2, 0) is 10.1 Å². The number of nitrogens with one attached hydrogen (secondary N) is 1. The minimum atomic E-state index is -4.70. The number of fused-ring (bicyclic) bond motifs is 1. The van der Waals surface area contributed by atoms with E-state index in [4.69, 9.17) is 16.2 Å². The summed E-state index contributed by atoms with van der Waals surface area (Å²) in [4.78, 5) is 13.6. The fourth-order valence-corrected chi connectivity index (χ4v) is 3.15. The van der Waals surface area contributed by atoms with Crippen LogP contribution in [0.1, 0.15) is 0 Å². The van der Waals surface area contributed by atoms with E-state index in [-0.39, 0.29) is 5.69 Å². The lowest BCUT2D eigenvalue weighted by Crippen LogP contribution is -2.04. The van der Waals surface area contributed by atoms with Gasteiger partial charge in [-0.3, -0.25) is 19.7 Å². The Kier molecular flexibility index (Phi) is 4.29. The van der Waals surface area contributed by atoms with E-state index in [0.29, 0.717) is 16.2 Å². The van der Waals surface area contributed by atoms with Gasteiger partial charge in [0.05, 0.1) is 10.4 Å². The van der Waals surface area contributed by atoms with Gasteiger partial charge in [0.2, 0.25) is 0 Å². The zero-order valence-corrected chi connectivity index (χ0v) is 14.0. The average Bonchev–Trinajstić information content (AvgIpc) is 2.53. The van der Waals surface area contributed by atoms with E-state index in [2.05, 4.69) is 10.3 Å². The molecule has 128 valence electrons. The van der Waals surface area contributed by atoms with E-state index in [1.165, 1.54) is 6.07 Å². The normalized spacial score (nSPS) is 11.4. The summed E-state index contributed by atoms with van der Waals surface area (Å²) in [6.45, 7) is 0. The Morgan fingerprint density at radius 2 is 1.92 bits per heavy atom. The van der Waals surface area contributed by atoms with Gasteiger partial charge in [-0.05, 0) is 36.4 Å².